The van der Waals surface area contributed by atoms with E-state index in [1.807, 2.05) is 12.1 Å². The van der Waals surface area contributed by atoms with Crippen molar-refractivity contribution in [2.75, 3.05) is 20.8 Å². The number of carbonyl (C=O) groups excluding carboxylic acids is 2. The molecule has 2 aromatic carbocycles. The van der Waals surface area contributed by atoms with E-state index in [4.69, 9.17) is 26.8 Å². The highest BCUT2D eigenvalue weighted by molar-refractivity contribution is 6.30. The number of benzene rings is 2. The molecule has 6 nitrogen and oxygen atoms in total. The molecule has 2 N–H and O–H groups in total. The van der Waals surface area contributed by atoms with Crippen LogP contribution in [0.3, 0.4) is 0 Å². The predicted molar refractivity (Wildman–Crippen MR) is 102 cm³/mol. The van der Waals surface area contributed by atoms with Crippen LogP contribution >= 0.6 is 11.6 Å². The fourth-order valence-electron chi connectivity index (χ4n) is 3.44. The number of rotatable bonds is 5. The summed E-state index contributed by atoms with van der Waals surface area (Å²) < 4.78 is 10.8. The molecule has 1 aliphatic rings. The molecule has 3 rings (SSSR count). The molecular weight excluding hydrogens is 368 g/mol. The monoisotopic (exact) mass is 388 g/mol. The van der Waals surface area contributed by atoms with Crippen LogP contribution < -0.4 is 15.2 Å². The van der Waals surface area contributed by atoms with Crippen LogP contribution in [0.25, 0.3) is 0 Å². The summed E-state index contributed by atoms with van der Waals surface area (Å²) in [6.07, 6.45) is 0.673. The summed E-state index contributed by atoms with van der Waals surface area (Å²) in [6, 6.07) is 9.95. The molecule has 1 heterocycles. The summed E-state index contributed by atoms with van der Waals surface area (Å²) in [5, 5.41) is 0.557. The highest BCUT2D eigenvalue weighted by atomic mass is 35.5. The van der Waals surface area contributed by atoms with Gasteiger partial charge in [-0.1, -0.05) is 11.6 Å². The van der Waals surface area contributed by atoms with Crippen molar-refractivity contribution in [3.05, 3.63) is 58.1 Å². The minimum Gasteiger partial charge on any atom is -0.493 e. The lowest BCUT2D eigenvalue weighted by Gasteiger charge is -2.37. The van der Waals surface area contributed by atoms with Crippen LogP contribution in [0.2, 0.25) is 5.02 Å². The quantitative estimate of drug-likeness (QED) is 0.853. The van der Waals surface area contributed by atoms with Crippen LogP contribution in [0.15, 0.2) is 36.4 Å². The Labute approximate surface area is 162 Å². The third-order valence-electron chi connectivity index (χ3n) is 4.75. The molecule has 2 amide bonds. The van der Waals surface area contributed by atoms with Gasteiger partial charge in [0, 0.05) is 17.1 Å². The number of ether oxygens (including phenoxy) is 2. The number of primary amides is 1. The van der Waals surface area contributed by atoms with Crippen LogP contribution in [-0.2, 0) is 11.2 Å². The molecule has 0 bridgehead atoms. The smallest absolute Gasteiger partial charge is 0.254 e. The van der Waals surface area contributed by atoms with Gasteiger partial charge in [0.25, 0.3) is 5.91 Å². The summed E-state index contributed by atoms with van der Waals surface area (Å²) in [4.78, 5) is 26.5. The Hall–Kier alpha value is -2.73. The third kappa shape index (κ3) is 3.85. The molecule has 1 atom stereocenters. The second kappa shape index (κ2) is 7.88. The normalized spacial score (nSPS) is 15.8. The van der Waals surface area contributed by atoms with E-state index in [0.29, 0.717) is 35.1 Å². The van der Waals surface area contributed by atoms with Crippen LogP contribution in [0, 0.1) is 0 Å². The van der Waals surface area contributed by atoms with E-state index in [0.717, 1.165) is 11.1 Å². The second-order valence-corrected chi connectivity index (χ2v) is 6.78. The lowest BCUT2D eigenvalue weighted by molar-refractivity contribution is -0.119. The van der Waals surface area contributed by atoms with Crippen LogP contribution in [0.4, 0.5) is 0 Å². The molecule has 1 unspecified atom stereocenters. The van der Waals surface area contributed by atoms with E-state index in [9.17, 15) is 9.59 Å². The van der Waals surface area contributed by atoms with E-state index in [2.05, 4.69) is 0 Å². The number of amides is 2. The van der Waals surface area contributed by atoms with Crippen molar-refractivity contribution in [3.63, 3.8) is 0 Å². The molecule has 2 aromatic rings. The van der Waals surface area contributed by atoms with Gasteiger partial charge in [0.15, 0.2) is 11.5 Å². The topological polar surface area (TPSA) is 81.9 Å². The van der Waals surface area contributed by atoms with Crippen molar-refractivity contribution in [2.24, 2.45) is 5.73 Å². The van der Waals surface area contributed by atoms with Crippen molar-refractivity contribution in [3.8, 4) is 11.5 Å². The number of nitrogens with two attached hydrogens (primary N) is 1. The molecule has 27 heavy (non-hydrogen) atoms. The lowest BCUT2D eigenvalue weighted by atomic mass is 9.89. The number of carbonyl (C=O) groups is 2. The highest BCUT2D eigenvalue weighted by Crippen LogP contribution is 2.39. The minimum absolute atomic E-state index is 0.0296. The maximum atomic E-state index is 13.1. The van der Waals surface area contributed by atoms with Gasteiger partial charge in [0.1, 0.15) is 0 Å². The van der Waals surface area contributed by atoms with Gasteiger partial charge in [0.2, 0.25) is 5.91 Å². The van der Waals surface area contributed by atoms with E-state index < -0.39 is 11.9 Å². The molecule has 0 aromatic heterocycles. The summed E-state index contributed by atoms with van der Waals surface area (Å²) in [7, 11) is 3.12. The van der Waals surface area contributed by atoms with Crippen LogP contribution in [-0.4, -0.2) is 37.5 Å². The van der Waals surface area contributed by atoms with Gasteiger partial charge >= 0.3 is 0 Å². The van der Waals surface area contributed by atoms with E-state index in [1.165, 1.54) is 0 Å². The maximum Gasteiger partial charge on any atom is 0.254 e. The van der Waals surface area contributed by atoms with E-state index in [1.54, 1.807) is 43.4 Å². The first-order valence-corrected chi connectivity index (χ1v) is 8.92. The van der Waals surface area contributed by atoms with Crippen LogP contribution in [0.1, 0.15) is 33.9 Å². The van der Waals surface area contributed by atoms with Crippen molar-refractivity contribution < 1.29 is 19.1 Å². The summed E-state index contributed by atoms with van der Waals surface area (Å²) >= 11 is 5.92. The van der Waals surface area contributed by atoms with Gasteiger partial charge in [-0.05, 0) is 53.9 Å². The summed E-state index contributed by atoms with van der Waals surface area (Å²) in [6.45, 7) is 0.474. The van der Waals surface area contributed by atoms with Gasteiger partial charge < -0.3 is 20.1 Å². The molecule has 1 aliphatic heterocycles. The zero-order valence-corrected chi connectivity index (χ0v) is 16.0. The second-order valence-electron chi connectivity index (χ2n) is 6.35. The Morgan fingerprint density at radius 2 is 1.78 bits per heavy atom. The van der Waals surface area contributed by atoms with Crippen molar-refractivity contribution >= 4 is 23.4 Å². The Balaban J connectivity index is 2.02. The molecule has 0 spiro atoms. The average molecular weight is 389 g/mol. The number of fused-ring (bicyclic) bond motifs is 1. The minimum atomic E-state index is -0.475. The first-order valence-electron chi connectivity index (χ1n) is 8.54. The lowest BCUT2D eigenvalue weighted by Crippen LogP contribution is -2.41. The Kier molecular flexibility index (Phi) is 5.56. The molecule has 0 fully saturated rings. The molecule has 0 saturated carbocycles. The Morgan fingerprint density at radius 1 is 1.15 bits per heavy atom. The molecule has 0 saturated heterocycles. The maximum absolute atomic E-state index is 13.1. The zero-order valence-electron chi connectivity index (χ0n) is 15.2. The van der Waals surface area contributed by atoms with E-state index >= 15 is 0 Å². The zero-order chi connectivity index (χ0) is 19.6. The standard InChI is InChI=1S/C20H21ClN2O4/c1-26-17-9-13-7-8-23(20(25)12-3-5-14(21)6-4-12)16(11-19(22)24)15(13)10-18(17)27-2/h3-6,9-10,16H,7-8,11H2,1-2H3,(H2,22,24). The molecule has 0 aliphatic carbocycles. The van der Waals surface area contributed by atoms with Crippen molar-refractivity contribution in [1.29, 1.82) is 0 Å². The number of nitrogens with zero attached hydrogens (tertiary/aromatic N) is 1. The number of methoxy groups -OCH3 is 2. The Morgan fingerprint density at radius 3 is 2.37 bits per heavy atom. The average Bonchev–Trinajstić information content (AvgIpc) is 2.66. The van der Waals surface area contributed by atoms with Gasteiger partial charge in [0.05, 0.1) is 26.7 Å². The molecule has 7 heteroatoms. The number of hydrogen-bond acceptors (Lipinski definition) is 4. The van der Waals surface area contributed by atoms with E-state index in [-0.39, 0.29) is 12.3 Å². The van der Waals surface area contributed by atoms with Gasteiger partial charge in [-0.15, -0.1) is 0 Å². The van der Waals surface area contributed by atoms with Crippen LogP contribution in [0.5, 0.6) is 11.5 Å². The SMILES string of the molecule is COc1cc2c(cc1OC)C(CC(N)=O)N(C(=O)c1ccc(Cl)cc1)CC2. The van der Waals surface area contributed by atoms with Crippen molar-refractivity contribution in [1.82, 2.24) is 4.90 Å². The van der Waals surface area contributed by atoms with Crippen molar-refractivity contribution in [2.45, 2.75) is 18.9 Å². The fourth-order valence-corrected chi connectivity index (χ4v) is 3.57. The molecule has 0 radical (unpaired) electrons. The first kappa shape index (κ1) is 19.0. The van der Waals surface area contributed by atoms with Gasteiger partial charge in [-0.2, -0.15) is 0 Å². The predicted octanol–water partition coefficient (Wildman–Crippen LogP) is 2.97. The molecule has 142 valence electrons. The fraction of sp³-hybridized carbons (Fsp3) is 0.300. The summed E-state index contributed by atoms with van der Waals surface area (Å²) in [5.74, 6) is 0.521. The third-order valence-corrected chi connectivity index (χ3v) is 5.00. The molecular formula is C20H21ClN2O4. The number of hydrogen-bond donors (Lipinski definition) is 1. The number of halogens is 1. The highest BCUT2D eigenvalue weighted by Gasteiger charge is 2.33. The van der Waals surface area contributed by atoms with Gasteiger partial charge in [-0.25, -0.2) is 0 Å². The largest absolute Gasteiger partial charge is 0.493 e. The first-order chi connectivity index (χ1) is 12.9. The van der Waals surface area contributed by atoms with Gasteiger partial charge in [-0.3, -0.25) is 9.59 Å². The Bertz CT molecular complexity index is 867. The summed E-state index contributed by atoms with van der Waals surface area (Å²) in [5.41, 5.74) is 7.85.